The molecule has 3 nitrogen and oxygen atoms in total. The third-order valence-corrected chi connectivity index (χ3v) is 3.01. The Morgan fingerprint density at radius 1 is 1.58 bits per heavy atom. The van der Waals surface area contributed by atoms with Gasteiger partial charge in [-0.1, -0.05) is 15.9 Å². The molecule has 0 unspecified atom stereocenters. The van der Waals surface area contributed by atoms with Crippen molar-refractivity contribution in [3.8, 4) is 0 Å². The number of hydrogen-bond acceptors (Lipinski definition) is 3. The van der Waals surface area contributed by atoms with Crippen LogP contribution in [0.4, 0.5) is 0 Å². The number of esters is 1. The topological polar surface area (TPSA) is 29.5 Å². The lowest BCUT2D eigenvalue weighted by Gasteiger charge is -2.28. The lowest BCUT2D eigenvalue weighted by Crippen LogP contribution is -2.37. The van der Waals surface area contributed by atoms with E-state index < -0.39 is 0 Å². The highest BCUT2D eigenvalue weighted by Gasteiger charge is 2.18. The van der Waals surface area contributed by atoms with Gasteiger partial charge in [-0.15, -0.1) is 0 Å². The Morgan fingerprint density at radius 2 is 2.17 bits per heavy atom. The molecule has 1 fully saturated rings. The summed E-state index contributed by atoms with van der Waals surface area (Å²) in [7, 11) is 1.43. The highest BCUT2D eigenvalue weighted by atomic mass is 79.9. The molecule has 1 aliphatic heterocycles. The molecule has 1 heterocycles. The van der Waals surface area contributed by atoms with E-state index in [0.29, 0.717) is 11.4 Å². The van der Waals surface area contributed by atoms with Gasteiger partial charge in [-0.25, -0.2) is 0 Å². The van der Waals surface area contributed by atoms with E-state index in [1.165, 1.54) is 7.11 Å². The molecular formula is C8H14BrNO2. The second-order valence-corrected chi connectivity index (χ2v) is 4.32. The summed E-state index contributed by atoms with van der Waals surface area (Å²) in [6.45, 7) is 2.42. The normalized spacial score (nSPS) is 20.8. The van der Waals surface area contributed by atoms with Crippen molar-refractivity contribution in [3.05, 3.63) is 0 Å². The number of carbonyl (C=O) groups excluding carboxylic acids is 1. The Kier molecular flexibility index (Phi) is 4.01. The predicted octanol–water partition coefficient (Wildman–Crippen LogP) is 1.02. The first kappa shape index (κ1) is 9.99. The van der Waals surface area contributed by atoms with Gasteiger partial charge < -0.3 is 4.74 Å². The molecule has 70 valence electrons. The largest absolute Gasteiger partial charge is 0.468 e. The summed E-state index contributed by atoms with van der Waals surface area (Å²) in [4.78, 5) is 13.6. The van der Waals surface area contributed by atoms with Crippen molar-refractivity contribution in [1.82, 2.24) is 4.90 Å². The Bertz CT molecular complexity index is 155. The van der Waals surface area contributed by atoms with Crippen molar-refractivity contribution < 1.29 is 9.53 Å². The van der Waals surface area contributed by atoms with Gasteiger partial charge in [0.15, 0.2) is 0 Å². The van der Waals surface area contributed by atoms with Gasteiger partial charge in [-0.3, -0.25) is 9.69 Å². The van der Waals surface area contributed by atoms with E-state index in [-0.39, 0.29) is 5.97 Å². The molecule has 1 rings (SSSR count). The van der Waals surface area contributed by atoms with Crippen LogP contribution in [-0.4, -0.2) is 42.4 Å². The van der Waals surface area contributed by atoms with Gasteiger partial charge in [0, 0.05) is 4.83 Å². The average Bonchev–Trinajstić information content (AvgIpc) is 2.09. The fourth-order valence-electron chi connectivity index (χ4n) is 1.31. The van der Waals surface area contributed by atoms with Crippen LogP contribution in [0.3, 0.4) is 0 Å². The number of ether oxygens (including phenoxy) is 1. The van der Waals surface area contributed by atoms with Crippen LogP contribution in [0.5, 0.6) is 0 Å². The second-order valence-electron chi connectivity index (χ2n) is 3.03. The monoisotopic (exact) mass is 235 g/mol. The number of carbonyl (C=O) groups is 1. The highest BCUT2D eigenvalue weighted by Crippen LogP contribution is 2.16. The first-order valence-corrected chi connectivity index (χ1v) is 5.07. The SMILES string of the molecule is COC(=O)CN1CCC(Br)CC1. The summed E-state index contributed by atoms with van der Waals surface area (Å²) in [5.74, 6) is -0.136. The van der Waals surface area contributed by atoms with Crippen LogP contribution in [-0.2, 0) is 9.53 Å². The maximum atomic E-state index is 10.9. The van der Waals surface area contributed by atoms with Crippen LogP contribution in [0, 0.1) is 0 Å². The average molecular weight is 236 g/mol. The summed E-state index contributed by atoms with van der Waals surface area (Å²) < 4.78 is 4.59. The van der Waals surface area contributed by atoms with Gasteiger partial charge in [0.2, 0.25) is 0 Å². The van der Waals surface area contributed by atoms with Crippen LogP contribution < -0.4 is 0 Å². The quantitative estimate of drug-likeness (QED) is 0.529. The molecule has 0 atom stereocenters. The van der Waals surface area contributed by atoms with Crippen LogP contribution in [0.2, 0.25) is 0 Å². The molecule has 0 N–H and O–H groups in total. The molecule has 0 saturated carbocycles. The number of alkyl halides is 1. The Balaban J connectivity index is 2.21. The van der Waals surface area contributed by atoms with Crippen molar-refractivity contribution in [1.29, 1.82) is 0 Å². The van der Waals surface area contributed by atoms with Crippen LogP contribution in [0.25, 0.3) is 0 Å². The molecule has 0 bridgehead atoms. The third kappa shape index (κ3) is 3.11. The van der Waals surface area contributed by atoms with E-state index in [1.54, 1.807) is 0 Å². The lowest BCUT2D eigenvalue weighted by atomic mass is 10.1. The van der Waals surface area contributed by atoms with Crippen molar-refractivity contribution in [2.24, 2.45) is 0 Å². The van der Waals surface area contributed by atoms with Crippen molar-refractivity contribution in [2.75, 3.05) is 26.7 Å². The van der Waals surface area contributed by atoms with Crippen LogP contribution in [0.1, 0.15) is 12.8 Å². The maximum Gasteiger partial charge on any atom is 0.319 e. The zero-order valence-electron chi connectivity index (χ0n) is 7.25. The molecule has 0 aliphatic carbocycles. The minimum absolute atomic E-state index is 0.136. The number of halogens is 1. The van der Waals surface area contributed by atoms with Gasteiger partial charge >= 0.3 is 5.97 Å². The Hall–Kier alpha value is -0.0900. The third-order valence-electron chi connectivity index (χ3n) is 2.10. The molecule has 1 aliphatic rings. The minimum atomic E-state index is -0.136. The Morgan fingerprint density at radius 3 is 2.67 bits per heavy atom. The van der Waals surface area contributed by atoms with Crippen LogP contribution >= 0.6 is 15.9 Å². The first-order valence-electron chi connectivity index (χ1n) is 4.15. The zero-order chi connectivity index (χ0) is 8.97. The standard InChI is InChI=1S/C8H14BrNO2/c1-12-8(11)6-10-4-2-7(9)3-5-10/h7H,2-6H2,1H3. The lowest BCUT2D eigenvalue weighted by molar-refractivity contribution is -0.142. The number of nitrogens with zero attached hydrogens (tertiary/aromatic N) is 1. The Labute approximate surface area is 81.2 Å². The summed E-state index contributed by atoms with van der Waals surface area (Å²) in [6.07, 6.45) is 2.24. The van der Waals surface area contributed by atoms with Gasteiger partial charge in [-0.05, 0) is 25.9 Å². The van der Waals surface area contributed by atoms with Gasteiger partial charge in [0.1, 0.15) is 0 Å². The van der Waals surface area contributed by atoms with Crippen molar-refractivity contribution in [3.63, 3.8) is 0 Å². The van der Waals surface area contributed by atoms with Gasteiger partial charge in [-0.2, -0.15) is 0 Å². The van der Waals surface area contributed by atoms with Gasteiger partial charge in [0.25, 0.3) is 0 Å². The van der Waals surface area contributed by atoms with Gasteiger partial charge in [0.05, 0.1) is 13.7 Å². The maximum absolute atomic E-state index is 10.9. The first-order chi connectivity index (χ1) is 5.72. The number of piperidine rings is 1. The fraction of sp³-hybridized carbons (Fsp3) is 0.875. The van der Waals surface area contributed by atoms with E-state index in [0.717, 1.165) is 25.9 Å². The zero-order valence-corrected chi connectivity index (χ0v) is 8.84. The number of hydrogen-bond donors (Lipinski definition) is 0. The van der Waals surface area contributed by atoms with E-state index in [2.05, 4.69) is 25.6 Å². The number of methoxy groups -OCH3 is 1. The molecule has 0 amide bonds. The van der Waals surface area contributed by atoms with E-state index in [4.69, 9.17) is 0 Å². The van der Waals surface area contributed by atoms with E-state index in [9.17, 15) is 4.79 Å². The number of likely N-dealkylation sites (tertiary alicyclic amines) is 1. The summed E-state index contributed by atoms with van der Waals surface area (Å²) in [5.41, 5.74) is 0. The molecule has 12 heavy (non-hydrogen) atoms. The van der Waals surface area contributed by atoms with E-state index >= 15 is 0 Å². The smallest absolute Gasteiger partial charge is 0.319 e. The molecular weight excluding hydrogens is 222 g/mol. The van der Waals surface area contributed by atoms with Crippen LogP contribution in [0.15, 0.2) is 0 Å². The summed E-state index contributed by atoms with van der Waals surface area (Å²) >= 11 is 3.56. The minimum Gasteiger partial charge on any atom is -0.468 e. The molecule has 0 aromatic heterocycles. The molecule has 0 aromatic rings. The molecule has 4 heteroatoms. The molecule has 0 radical (unpaired) electrons. The molecule has 0 spiro atoms. The van der Waals surface area contributed by atoms with E-state index in [1.807, 2.05) is 0 Å². The fourth-order valence-corrected chi connectivity index (χ4v) is 1.72. The predicted molar refractivity (Wildman–Crippen MR) is 50.4 cm³/mol. The second kappa shape index (κ2) is 4.82. The molecule has 1 saturated heterocycles. The highest BCUT2D eigenvalue weighted by molar-refractivity contribution is 9.09. The van der Waals surface area contributed by atoms with Crippen molar-refractivity contribution >= 4 is 21.9 Å². The summed E-state index contributed by atoms with van der Waals surface area (Å²) in [5, 5.41) is 0. The molecule has 0 aromatic carbocycles. The van der Waals surface area contributed by atoms with Crippen molar-refractivity contribution in [2.45, 2.75) is 17.7 Å². The number of rotatable bonds is 2. The summed E-state index contributed by atoms with van der Waals surface area (Å²) in [6, 6.07) is 0.